The van der Waals surface area contributed by atoms with Gasteiger partial charge in [-0.05, 0) is 63.1 Å². The Morgan fingerprint density at radius 1 is 1.24 bits per heavy atom. The summed E-state index contributed by atoms with van der Waals surface area (Å²) in [5, 5.41) is 16.3. The maximum Gasteiger partial charge on any atom is 0.264 e. The van der Waals surface area contributed by atoms with Crippen molar-refractivity contribution in [3.8, 4) is 17.0 Å². The summed E-state index contributed by atoms with van der Waals surface area (Å²) >= 11 is 0. The number of halogens is 2. The molecular formula is C26H31F2N5O4S. The van der Waals surface area contributed by atoms with Crippen LogP contribution in [0.3, 0.4) is 0 Å². The first-order valence-corrected chi connectivity index (χ1v) is 14.1. The van der Waals surface area contributed by atoms with E-state index >= 15 is 0 Å². The Bertz CT molecular complexity index is 1440. The molecular weight excluding hydrogens is 516 g/mol. The molecule has 0 amide bonds. The number of benzene rings is 2. The smallest absolute Gasteiger partial charge is 0.264 e. The lowest BCUT2D eigenvalue weighted by molar-refractivity contribution is -0.158. The van der Waals surface area contributed by atoms with Gasteiger partial charge in [-0.1, -0.05) is 0 Å². The summed E-state index contributed by atoms with van der Waals surface area (Å²) in [5.74, 6) is -0.496. The van der Waals surface area contributed by atoms with Crippen molar-refractivity contribution in [3.05, 3.63) is 59.8 Å². The van der Waals surface area contributed by atoms with Gasteiger partial charge in [-0.25, -0.2) is 23.0 Å². The van der Waals surface area contributed by atoms with E-state index in [1.54, 1.807) is 39.0 Å². The number of hydrogen-bond acceptors (Lipinski definition) is 9. The molecule has 0 spiro atoms. The van der Waals surface area contributed by atoms with E-state index in [2.05, 4.69) is 25.0 Å². The van der Waals surface area contributed by atoms with Gasteiger partial charge in [0.05, 0.1) is 33.9 Å². The van der Waals surface area contributed by atoms with Crippen molar-refractivity contribution in [3.63, 3.8) is 0 Å². The second-order valence-corrected chi connectivity index (χ2v) is 12.4. The number of nitrogens with one attached hydrogen (secondary N) is 2. The summed E-state index contributed by atoms with van der Waals surface area (Å²) in [6.45, 7) is 6.05. The summed E-state index contributed by atoms with van der Waals surface area (Å²) in [7, 11) is -2.89. The molecule has 2 atom stereocenters. The third-order valence-corrected chi connectivity index (χ3v) is 6.81. The lowest BCUT2D eigenvalue weighted by Crippen LogP contribution is -2.26. The van der Waals surface area contributed by atoms with Gasteiger partial charge in [-0.15, -0.1) is 0 Å². The Hall–Kier alpha value is -3.35. The van der Waals surface area contributed by atoms with E-state index in [9.17, 15) is 18.1 Å². The zero-order valence-corrected chi connectivity index (χ0v) is 22.4. The van der Waals surface area contributed by atoms with E-state index in [0.717, 1.165) is 6.20 Å². The summed E-state index contributed by atoms with van der Waals surface area (Å²) in [6, 6.07) is 9.20. The topological polar surface area (TPSA) is 118 Å². The molecule has 0 saturated carbocycles. The minimum atomic E-state index is -2.89. The van der Waals surface area contributed by atoms with Gasteiger partial charge in [0.1, 0.15) is 17.3 Å². The first-order valence-electron chi connectivity index (χ1n) is 12.0. The zero-order chi connectivity index (χ0) is 27.5. The molecule has 1 aliphatic rings. The van der Waals surface area contributed by atoms with E-state index < -0.39 is 33.4 Å². The monoisotopic (exact) mass is 547 g/mol. The number of rotatable bonds is 4. The van der Waals surface area contributed by atoms with Gasteiger partial charge in [0.2, 0.25) is 5.95 Å². The number of nitrogens with zero attached hydrogens (tertiary/aromatic N) is 3. The van der Waals surface area contributed by atoms with Gasteiger partial charge >= 0.3 is 0 Å². The Morgan fingerprint density at radius 3 is 2.79 bits per heavy atom. The Morgan fingerprint density at radius 2 is 2.03 bits per heavy atom. The molecule has 3 N–H and O–H groups in total. The lowest BCUT2D eigenvalue weighted by Gasteiger charge is -2.22. The van der Waals surface area contributed by atoms with Crippen molar-refractivity contribution in [2.75, 3.05) is 30.0 Å². The molecule has 9 nitrogen and oxygen atoms in total. The molecule has 2 heterocycles. The van der Waals surface area contributed by atoms with Crippen LogP contribution in [-0.2, 0) is 20.2 Å². The van der Waals surface area contributed by atoms with Crippen molar-refractivity contribution in [2.45, 2.75) is 45.0 Å². The third-order valence-electron chi connectivity index (χ3n) is 5.32. The fraction of sp³-hybridized carbons (Fsp3) is 0.385. The summed E-state index contributed by atoms with van der Waals surface area (Å²) < 4.78 is 57.2. The Balaban J connectivity index is 1.69. The molecule has 4 rings (SSSR count). The third kappa shape index (κ3) is 7.59. The number of ether oxygens (including phenoxy) is 2. The molecule has 0 saturated heterocycles. The van der Waals surface area contributed by atoms with E-state index in [1.165, 1.54) is 24.5 Å². The van der Waals surface area contributed by atoms with Crippen molar-refractivity contribution in [1.29, 1.82) is 0 Å². The molecule has 3 aromatic rings. The SMILES string of the molecule is CC(C)(C)OC(O)N=S(C)(=O)Cc1cc2cc(c1)OCCCNc1cc(F)ccc1-c1nc(ncc1F)N2. The second-order valence-electron chi connectivity index (χ2n) is 9.97. The largest absolute Gasteiger partial charge is 0.493 e. The fourth-order valence-electron chi connectivity index (χ4n) is 3.87. The predicted molar refractivity (Wildman–Crippen MR) is 143 cm³/mol. The molecule has 38 heavy (non-hydrogen) atoms. The highest BCUT2D eigenvalue weighted by atomic mass is 32.2. The van der Waals surface area contributed by atoms with Crippen LogP contribution >= 0.6 is 0 Å². The van der Waals surface area contributed by atoms with Crippen molar-refractivity contribution < 1.29 is 27.6 Å². The van der Waals surface area contributed by atoms with E-state index in [-0.39, 0.29) is 17.4 Å². The quantitative estimate of drug-likeness (QED) is 0.389. The second kappa shape index (κ2) is 11.2. The summed E-state index contributed by atoms with van der Waals surface area (Å²) in [5.41, 5.74) is 1.29. The molecule has 1 aromatic heterocycles. The number of aliphatic hydroxyl groups is 1. The van der Waals surface area contributed by atoms with E-state index in [0.29, 0.717) is 47.8 Å². The summed E-state index contributed by atoms with van der Waals surface area (Å²) in [4.78, 5) is 8.38. The maximum absolute atomic E-state index is 14.8. The molecule has 0 aliphatic carbocycles. The first-order chi connectivity index (χ1) is 17.9. The first kappa shape index (κ1) is 27.7. The lowest BCUT2D eigenvalue weighted by atomic mass is 10.1. The molecule has 2 aromatic carbocycles. The van der Waals surface area contributed by atoms with Crippen LogP contribution in [0.4, 0.5) is 26.1 Å². The van der Waals surface area contributed by atoms with Crippen LogP contribution in [0.2, 0.25) is 0 Å². The van der Waals surface area contributed by atoms with Crippen LogP contribution < -0.4 is 15.4 Å². The van der Waals surface area contributed by atoms with Gasteiger partial charge in [0.15, 0.2) is 5.82 Å². The van der Waals surface area contributed by atoms with Crippen molar-refractivity contribution in [2.24, 2.45) is 4.36 Å². The van der Waals surface area contributed by atoms with E-state index in [4.69, 9.17) is 9.47 Å². The van der Waals surface area contributed by atoms with Crippen LogP contribution in [0.25, 0.3) is 11.3 Å². The average Bonchev–Trinajstić information content (AvgIpc) is 2.78. The van der Waals surface area contributed by atoms with Crippen LogP contribution in [0, 0.1) is 11.6 Å². The number of anilines is 3. The Labute approximate surface area is 220 Å². The number of hydrogen-bond donors (Lipinski definition) is 3. The molecule has 204 valence electrons. The van der Waals surface area contributed by atoms with Crippen LogP contribution in [-0.4, -0.2) is 50.7 Å². The highest BCUT2D eigenvalue weighted by Gasteiger charge is 2.19. The van der Waals surface area contributed by atoms with Crippen LogP contribution in [0.5, 0.6) is 5.75 Å². The highest BCUT2D eigenvalue weighted by molar-refractivity contribution is 7.92. The normalized spacial score (nSPS) is 16.0. The van der Waals surface area contributed by atoms with Gasteiger partial charge in [-0.3, -0.25) is 0 Å². The minimum absolute atomic E-state index is 0.0119. The Kier molecular flexibility index (Phi) is 8.14. The molecule has 1 aliphatic heterocycles. The van der Waals surface area contributed by atoms with E-state index in [1.807, 2.05) is 0 Å². The number of fused-ring (bicyclic) bond motifs is 6. The molecule has 4 bridgehead atoms. The highest BCUT2D eigenvalue weighted by Crippen LogP contribution is 2.31. The fourth-order valence-corrected chi connectivity index (χ4v) is 5.16. The standard InChI is InChI=1S/C26H31F2N5O4S/c1-26(2,3)37-25(34)33-38(4,35)15-16-10-18-13-19(11-16)36-9-5-8-29-22-12-17(27)6-7-20(22)23-21(28)14-30-24(31-18)32-23/h6-7,10-14,25,29,34H,5,8-9,15H2,1-4H3,(H,30,31,32). The molecule has 2 unspecified atom stereocenters. The average molecular weight is 548 g/mol. The van der Waals surface area contributed by atoms with Gasteiger partial charge in [0, 0.05) is 35.8 Å². The molecule has 0 fully saturated rings. The zero-order valence-electron chi connectivity index (χ0n) is 21.6. The van der Waals surface area contributed by atoms with Crippen molar-refractivity contribution >= 4 is 27.1 Å². The number of aromatic nitrogens is 2. The minimum Gasteiger partial charge on any atom is -0.493 e. The van der Waals surface area contributed by atoms with Gasteiger partial charge < -0.3 is 25.2 Å². The molecule has 12 heteroatoms. The van der Waals surface area contributed by atoms with Gasteiger partial charge in [-0.2, -0.15) is 4.36 Å². The van der Waals surface area contributed by atoms with Gasteiger partial charge in [0.25, 0.3) is 6.41 Å². The predicted octanol–water partition coefficient (Wildman–Crippen LogP) is 5.05. The number of aliphatic hydroxyl groups excluding tert-OH is 1. The van der Waals surface area contributed by atoms with Crippen LogP contribution in [0.15, 0.2) is 47.0 Å². The summed E-state index contributed by atoms with van der Waals surface area (Å²) in [6.07, 6.45) is 1.51. The maximum atomic E-state index is 14.8. The van der Waals surface area contributed by atoms with Crippen molar-refractivity contribution in [1.82, 2.24) is 9.97 Å². The van der Waals surface area contributed by atoms with Crippen LogP contribution in [0.1, 0.15) is 32.8 Å². The molecule has 0 radical (unpaired) electrons.